The van der Waals surface area contributed by atoms with Crippen molar-refractivity contribution in [2.24, 2.45) is 0 Å². The van der Waals surface area contributed by atoms with Crippen LogP contribution in [0.15, 0.2) is 18.2 Å². The molecule has 0 fully saturated rings. The van der Waals surface area contributed by atoms with Crippen molar-refractivity contribution in [3.05, 3.63) is 34.3 Å². The Balaban J connectivity index is 1.88. The minimum Gasteiger partial charge on any atom is -0.386 e. The lowest BCUT2D eigenvalue weighted by atomic mass is 10.1. The molecule has 17 heavy (non-hydrogen) atoms. The lowest BCUT2D eigenvalue weighted by molar-refractivity contribution is -0.00445. The first-order chi connectivity index (χ1) is 8.06. The third-order valence-electron chi connectivity index (χ3n) is 3.01. The summed E-state index contributed by atoms with van der Waals surface area (Å²) in [4.78, 5) is 0. The summed E-state index contributed by atoms with van der Waals surface area (Å²) in [5.41, 5.74) is 2.35. The van der Waals surface area contributed by atoms with Gasteiger partial charge >= 0.3 is 0 Å². The molecule has 2 nitrogen and oxygen atoms in total. The number of rotatable bonds is 4. The van der Waals surface area contributed by atoms with Crippen molar-refractivity contribution in [3.63, 3.8) is 0 Å². The second-order valence-electron chi connectivity index (χ2n) is 4.33. The Bertz CT molecular complexity index is 400. The molecule has 1 aliphatic carbocycles. The van der Waals surface area contributed by atoms with Crippen LogP contribution in [0.4, 0.5) is 8.78 Å². The highest BCUT2D eigenvalue weighted by atomic mass is 35.5. The first-order valence-corrected chi connectivity index (χ1v) is 5.91. The number of nitrogens with one attached hydrogen (secondary N) is 1. The Hall–Kier alpha value is -0.710. The van der Waals surface area contributed by atoms with Gasteiger partial charge in [0.2, 0.25) is 0 Å². The Morgan fingerprint density at radius 2 is 2.06 bits per heavy atom. The third-order valence-corrected chi connectivity index (χ3v) is 3.24. The maximum absolute atomic E-state index is 12.1. The van der Waals surface area contributed by atoms with Gasteiger partial charge in [0.1, 0.15) is 6.10 Å². The third kappa shape index (κ3) is 3.15. The molecule has 2 rings (SSSR count). The smallest absolute Gasteiger partial charge is 0.265 e. The van der Waals surface area contributed by atoms with Gasteiger partial charge in [0, 0.05) is 17.6 Å². The molecule has 0 amide bonds. The molecule has 1 aliphatic rings. The summed E-state index contributed by atoms with van der Waals surface area (Å²) in [7, 11) is 0. The maximum atomic E-state index is 12.1. The number of fused-ring (bicyclic) bond motifs is 1. The van der Waals surface area contributed by atoms with Crippen LogP contribution in [-0.2, 0) is 12.8 Å². The number of aliphatic hydroxyl groups excluding tert-OH is 1. The summed E-state index contributed by atoms with van der Waals surface area (Å²) < 4.78 is 24.2. The van der Waals surface area contributed by atoms with Crippen LogP contribution in [0.3, 0.4) is 0 Å². The van der Waals surface area contributed by atoms with Gasteiger partial charge in [0.05, 0.1) is 0 Å². The van der Waals surface area contributed by atoms with Gasteiger partial charge < -0.3 is 10.4 Å². The predicted octanol–water partition coefficient (Wildman–Crippen LogP) is 2.02. The van der Waals surface area contributed by atoms with E-state index in [1.807, 2.05) is 18.2 Å². The summed E-state index contributed by atoms with van der Waals surface area (Å²) in [5, 5.41) is 12.7. The molecule has 2 unspecified atom stereocenters. The molecule has 0 aliphatic heterocycles. The Morgan fingerprint density at radius 3 is 2.76 bits per heavy atom. The standard InChI is InChI=1S/C12H14ClF2NO/c13-9-2-1-7-4-10(5-8(7)3-9)16-6-11(17)12(14)15/h1-3,10-12,16-17H,4-6H2. The molecule has 2 N–H and O–H groups in total. The molecular formula is C12H14ClF2NO. The highest BCUT2D eigenvalue weighted by Crippen LogP contribution is 2.25. The van der Waals surface area contributed by atoms with Crippen LogP contribution in [0.5, 0.6) is 0 Å². The number of alkyl halides is 2. The highest BCUT2D eigenvalue weighted by molar-refractivity contribution is 6.30. The fourth-order valence-corrected chi connectivity index (χ4v) is 2.30. The normalized spacial score (nSPS) is 20.6. The first-order valence-electron chi connectivity index (χ1n) is 5.53. The summed E-state index contributed by atoms with van der Waals surface area (Å²) in [6, 6.07) is 5.80. The molecule has 0 radical (unpaired) electrons. The second-order valence-corrected chi connectivity index (χ2v) is 4.76. The van der Waals surface area contributed by atoms with Crippen LogP contribution < -0.4 is 5.32 Å². The number of aliphatic hydroxyl groups is 1. The Kier molecular flexibility index (Phi) is 3.97. The Labute approximate surface area is 104 Å². The number of hydrogen-bond acceptors (Lipinski definition) is 2. The van der Waals surface area contributed by atoms with Crippen LogP contribution in [0, 0.1) is 0 Å². The lowest BCUT2D eigenvalue weighted by Crippen LogP contribution is -2.38. The van der Waals surface area contributed by atoms with E-state index in [-0.39, 0.29) is 12.6 Å². The van der Waals surface area contributed by atoms with E-state index in [1.165, 1.54) is 5.56 Å². The van der Waals surface area contributed by atoms with E-state index in [9.17, 15) is 8.78 Å². The first kappa shape index (κ1) is 12.7. The SMILES string of the molecule is OC(CNC1Cc2ccc(Cl)cc2C1)C(F)F. The van der Waals surface area contributed by atoms with Crippen molar-refractivity contribution in [2.45, 2.75) is 31.4 Å². The molecule has 0 spiro atoms. The van der Waals surface area contributed by atoms with E-state index in [1.54, 1.807) is 0 Å². The number of halogens is 3. The van der Waals surface area contributed by atoms with E-state index in [2.05, 4.69) is 5.32 Å². The summed E-state index contributed by atoms with van der Waals surface area (Å²) in [6.07, 6.45) is -2.73. The zero-order valence-corrected chi connectivity index (χ0v) is 9.92. The predicted molar refractivity (Wildman–Crippen MR) is 62.7 cm³/mol. The average Bonchev–Trinajstić information content (AvgIpc) is 2.67. The molecule has 0 saturated carbocycles. The zero-order valence-electron chi connectivity index (χ0n) is 9.17. The van der Waals surface area contributed by atoms with Crippen LogP contribution in [-0.4, -0.2) is 30.2 Å². The van der Waals surface area contributed by atoms with Gasteiger partial charge in [0.25, 0.3) is 6.43 Å². The fraction of sp³-hybridized carbons (Fsp3) is 0.500. The number of hydrogen-bond donors (Lipinski definition) is 2. The topological polar surface area (TPSA) is 32.3 Å². The summed E-state index contributed by atoms with van der Waals surface area (Å²) in [6.45, 7) is -0.0793. The van der Waals surface area contributed by atoms with Gasteiger partial charge in [-0.15, -0.1) is 0 Å². The minimum atomic E-state index is -2.69. The molecule has 1 aromatic rings. The van der Waals surface area contributed by atoms with E-state index in [4.69, 9.17) is 16.7 Å². The van der Waals surface area contributed by atoms with Crippen LogP contribution in [0.2, 0.25) is 5.02 Å². The lowest BCUT2D eigenvalue weighted by Gasteiger charge is -2.15. The second kappa shape index (κ2) is 5.29. The average molecular weight is 262 g/mol. The van der Waals surface area contributed by atoms with E-state index < -0.39 is 12.5 Å². The van der Waals surface area contributed by atoms with E-state index in [0.29, 0.717) is 5.02 Å². The van der Waals surface area contributed by atoms with Crippen molar-refractivity contribution >= 4 is 11.6 Å². The van der Waals surface area contributed by atoms with E-state index in [0.717, 1.165) is 18.4 Å². The molecule has 0 saturated heterocycles. The van der Waals surface area contributed by atoms with Gasteiger partial charge in [-0.3, -0.25) is 0 Å². The van der Waals surface area contributed by atoms with E-state index >= 15 is 0 Å². The molecule has 94 valence electrons. The van der Waals surface area contributed by atoms with Gasteiger partial charge in [0.15, 0.2) is 0 Å². The number of benzene rings is 1. The van der Waals surface area contributed by atoms with Crippen molar-refractivity contribution < 1.29 is 13.9 Å². The zero-order chi connectivity index (χ0) is 12.4. The molecular weight excluding hydrogens is 248 g/mol. The molecule has 2 atom stereocenters. The minimum absolute atomic E-state index is 0.0793. The van der Waals surface area contributed by atoms with Gasteiger partial charge in [-0.1, -0.05) is 17.7 Å². The maximum Gasteiger partial charge on any atom is 0.265 e. The molecule has 0 aromatic heterocycles. The van der Waals surface area contributed by atoms with Crippen molar-refractivity contribution in [2.75, 3.05) is 6.54 Å². The van der Waals surface area contributed by atoms with Crippen molar-refractivity contribution in [3.8, 4) is 0 Å². The largest absolute Gasteiger partial charge is 0.386 e. The molecule has 1 aromatic carbocycles. The fourth-order valence-electron chi connectivity index (χ4n) is 2.11. The highest BCUT2D eigenvalue weighted by Gasteiger charge is 2.23. The molecule has 0 bridgehead atoms. The summed E-state index contributed by atoms with van der Waals surface area (Å²) >= 11 is 5.88. The van der Waals surface area contributed by atoms with Crippen molar-refractivity contribution in [1.29, 1.82) is 0 Å². The van der Waals surface area contributed by atoms with Gasteiger partial charge in [-0.2, -0.15) is 0 Å². The Morgan fingerprint density at radius 1 is 1.35 bits per heavy atom. The molecule has 0 heterocycles. The molecule has 5 heteroatoms. The monoisotopic (exact) mass is 261 g/mol. The van der Waals surface area contributed by atoms with Gasteiger partial charge in [-0.25, -0.2) is 8.78 Å². The van der Waals surface area contributed by atoms with Gasteiger partial charge in [-0.05, 0) is 36.1 Å². The quantitative estimate of drug-likeness (QED) is 0.869. The summed E-state index contributed by atoms with van der Waals surface area (Å²) in [5.74, 6) is 0. The van der Waals surface area contributed by atoms with Crippen molar-refractivity contribution in [1.82, 2.24) is 5.32 Å². The van der Waals surface area contributed by atoms with Crippen LogP contribution in [0.1, 0.15) is 11.1 Å². The van der Waals surface area contributed by atoms with Crippen LogP contribution >= 0.6 is 11.6 Å². The van der Waals surface area contributed by atoms with Crippen LogP contribution in [0.25, 0.3) is 0 Å².